The molecule has 0 spiro atoms. The number of carbonyl (C=O) groups is 2. The molecule has 25 heavy (non-hydrogen) atoms. The lowest BCUT2D eigenvalue weighted by Crippen LogP contribution is -2.28. The number of para-hydroxylation sites is 1. The van der Waals surface area contributed by atoms with Crippen LogP contribution < -0.4 is 10.6 Å². The summed E-state index contributed by atoms with van der Waals surface area (Å²) < 4.78 is 4.93. The van der Waals surface area contributed by atoms with Crippen LogP contribution in [-0.2, 0) is 4.74 Å². The summed E-state index contributed by atoms with van der Waals surface area (Å²) in [5.74, 6) is -0.461. The fourth-order valence-electron chi connectivity index (χ4n) is 2.87. The Kier molecular flexibility index (Phi) is 6.31. The van der Waals surface area contributed by atoms with Crippen LogP contribution in [0.4, 0.5) is 5.69 Å². The maximum absolute atomic E-state index is 12.7. The molecule has 2 aromatic carbocycles. The minimum Gasteiger partial charge on any atom is -0.383 e. The van der Waals surface area contributed by atoms with E-state index in [0.29, 0.717) is 30.0 Å². The van der Waals surface area contributed by atoms with Gasteiger partial charge < -0.3 is 15.4 Å². The van der Waals surface area contributed by atoms with Gasteiger partial charge in [0.25, 0.3) is 11.8 Å². The first kappa shape index (κ1) is 18.7. The molecule has 0 aliphatic heterocycles. The van der Waals surface area contributed by atoms with Gasteiger partial charge in [-0.2, -0.15) is 0 Å². The Bertz CT molecular complexity index is 761. The number of hydrogen-bond donors (Lipinski definition) is 2. The van der Waals surface area contributed by atoms with Gasteiger partial charge in [0.05, 0.1) is 17.9 Å². The monoisotopic (exact) mass is 340 g/mol. The van der Waals surface area contributed by atoms with E-state index in [1.54, 1.807) is 31.4 Å². The Morgan fingerprint density at radius 2 is 1.64 bits per heavy atom. The van der Waals surface area contributed by atoms with E-state index in [9.17, 15) is 9.59 Å². The van der Waals surface area contributed by atoms with Crippen molar-refractivity contribution in [3.8, 4) is 0 Å². The highest BCUT2D eigenvalue weighted by molar-refractivity contribution is 6.10. The molecule has 2 aromatic rings. The number of aryl methyl sites for hydroxylation is 3. The molecule has 0 aliphatic carbocycles. The molecule has 0 saturated heterocycles. The van der Waals surface area contributed by atoms with E-state index in [2.05, 4.69) is 10.6 Å². The van der Waals surface area contributed by atoms with Crippen LogP contribution in [0.5, 0.6) is 0 Å². The molecule has 0 saturated carbocycles. The summed E-state index contributed by atoms with van der Waals surface area (Å²) in [5, 5.41) is 5.64. The number of anilines is 1. The molecule has 0 heterocycles. The van der Waals surface area contributed by atoms with E-state index in [-0.39, 0.29) is 11.8 Å². The van der Waals surface area contributed by atoms with Crippen LogP contribution in [0.3, 0.4) is 0 Å². The van der Waals surface area contributed by atoms with Gasteiger partial charge in [0, 0.05) is 19.2 Å². The van der Waals surface area contributed by atoms with Crippen LogP contribution >= 0.6 is 0 Å². The van der Waals surface area contributed by atoms with Gasteiger partial charge in [0.1, 0.15) is 0 Å². The summed E-state index contributed by atoms with van der Waals surface area (Å²) in [6.45, 7) is 6.67. The molecule has 5 nitrogen and oxygen atoms in total. The number of hydrogen-bond acceptors (Lipinski definition) is 3. The number of nitrogens with one attached hydrogen (secondary N) is 2. The highest BCUT2D eigenvalue weighted by Gasteiger charge is 2.16. The zero-order valence-corrected chi connectivity index (χ0v) is 15.1. The van der Waals surface area contributed by atoms with E-state index >= 15 is 0 Å². The van der Waals surface area contributed by atoms with Crippen molar-refractivity contribution in [2.45, 2.75) is 20.8 Å². The average molecular weight is 340 g/mol. The quantitative estimate of drug-likeness (QED) is 0.793. The van der Waals surface area contributed by atoms with Gasteiger partial charge in [-0.3, -0.25) is 9.59 Å². The molecule has 0 fully saturated rings. The summed E-state index contributed by atoms with van der Waals surface area (Å²) in [6.07, 6.45) is 0. The minimum atomic E-state index is -0.245. The second kappa shape index (κ2) is 8.44. The Morgan fingerprint density at radius 1 is 1.00 bits per heavy atom. The summed E-state index contributed by atoms with van der Waals surface area (Å²) in [7, 11) is 1.58. The van der Waals surface area contributed by atoms with Crippen molar-refractivity contribution in [2.24, 2.45) is 0 Å². The van der Waals surface area contributed by atoms with Crippen LogP contribution in [0.2, 0.25) is 0 Å². The second-order valence-corrected chi connectivity index (χ2v) is 6.02. The first-order valence-electron chi connectivity index (χ1n) is 8.19. The third-order valence-electron chi connectivity index (χ3n) is 3.92. The molecule has 0 atom stereocenters. The van der Waals surface area contributed by atoms with Crippen molar-refractivity contribution in [1.29, 1.82) is 0 Å². The number of amides is 2. The van der Waals surface area contributed by atoms with Crippen molar-refractivity contribution < 1.29 is 14.3 Å². The van der Waals surface area contributed by atoms with Crippen molar-refractivity contribution in [1.82, 2.24) is 5.32 Å². The maximum Gasteiger partial charge on any atom is 0.256 e. The average Bonchev–Trinajstić information content (AvgIpc) is 2.54. The predicted octanol–water partition coefficient (Wildman–Crippen LogP) is 3.24. The van der Waals surface area contributed by atoms with Crippen molar-refractivity contribution in [3.05, 3.63) is 64.2 Å². The Labute approximate surface area is 148 Å². The molecule has 0 unspecified atom stereocenters. The number of rotatable bonds is 6. The van der Waals surface area contributed by atoms with Gasteiger partial charge in [0.15, 0.2) is 0 Å². The lowest BCUT2D eigenvalue weighted by Gasteiger charge is -2.14. The first-order valence-corrected chi connectivity index (χ1v) is 8.19. The van der Waals surface area contributed by atoms with Gasteiger partial charge in [-0.05, 0) is 44.0 Å². The topological polar surface area (TPSA) is 67.4 Å². The standard InChI is InChI=1S/C20H24N2O3/c1-13-11-14(2)18(15(3)12-13)20(24)22-17-8-6-5-7-16(17)19(23)21-9-10-25-4/h5-8,11-12H,9-10H2,1-4H3,(H,21,23)(H,22,24). The molecule has 0 aromatic heterocycles. The summed E-state index contributed by atoms with van der Waals surface area (Å²) in [4.78, 5) is 25.1. The van der Waals surface area contributed by atoms with Crippen LogP contribution in [0, 0.1) is 20.8 Å². The normalized spacial score (nSPS) is 10.4. The first-order chi connectivity index (χ1) is 11.9. The molecule has 132 valence electrons. The third kappa shape index (κ3) is 4.67. The Morgan fingerprint density at radius 3 is 2.28 bits per heavy atom. The van der Waals surface area contributed by atoms with E-state index < -0.39 is 0 Å². The SMILES string of the molecule is COCCNC(=O)c1ccccc1NC(=O)c1c(C)cc(C)cc1C. The third-order valence-corrected chi connectivity index (χ3v) is 3.92. The lowest BCUT2D eigenvalue weighted by molar-refractivity contribution is 0.0938. The van der Waals surface area contributed by atoms with Gasteiger partial charge in [-0.15, -0.1) is 0 Å². The van der Waals surface area contributed by atoms with Gasteiger partial charge in [0.2, 0.25) is 0 Å². The van der Waals surface area contributed by atoms with Crippen molar-refractivity contribution >= 4 is 17.5 Å². The summed E-state index contributed by atoms with van der Waals surface area (Å²) in [6, 6.07) is 10.9. The van der Waals surface area contributed by atoms with Crippen LogP contribution in [0.1, 0.15) is 37.4 Å². The zero-order chi connectivity index (χ0) is 18.4. The summed E-state index contributed by atoms with van der Waals surface area (Å²) in [5.41, 5.74) is 4.50. The number of carbonyl (C=O) groups excluding carboxylic acids is 2. The van der Waals surface area contributed by atoms with Crippen molar-refractivity contribution in [3.63, 3.8) is 0 Å². The lowest BCUT2D eigenvalue weighted by atomic mass is 9.99. The fraction of sp³-hybridized carbons (Fsp3) is 0.300. The van der Waals surface area contributed by atoms with E-state index in [1.165, 1.54) is 0 Å². The highest BCUT2D eigenvalue weighted by Crippen LogP contribution is 2.20. The van der Waals surface area contributed by atoms with Crippen molar-refractivity contribution in [2.75, 3.05) is 25.6 Å². The molecule has 0 bridgehead atoms. The van der Waals surface area contributed by atoms with Gasteiger partial charge in [-0.25, -0.2) is 0 Å². The van der Waals surface area contributed by atoms with E-state index in [1.807, 2.05) is 32.9 Å². The molecular formula is C20H24N2O3. The van der Waals surface area contributed by atoms with Gasteiger partial charge in [-0.1, -0.05) is 29.8 Å². The largest absolute Gasteiger partial charge is 0.383 e. The Hall–Kier alpha value is -2.66. The molecule has 0 radical (unpaired) electrons. The fourth-order valence-corrected chi connectivity index (χ4v) is 2.87. The molecule has 5 heteroatoms. The number of benzene rings is 2. The molecule has 2 N–H and O–H groups in total. The Balaban J connectivity index is 2.23. The predicted molar refractivity (Wildman–Crippen MR) is 99.3 cm³/mol. The minimum absolute atomic E-state index is 0.216. The second-order valence-electron chi connectivity index (χ2n) is 6.02. The number of methoxy groups -OCH3 is 1. The molecule has 2 rings (SSSR count). The van der Waals surface area contributed by atoms with Crippen LogP contribution in [-0.4, -0.2) is 32.1 Å². The molecule has 2 amide bonds. The van der Waals surface area contributed by atoms with E-state index in [0.717, 1.165) is 16.7 Å². The number of ether oxygens (including phenoxy) is 1. The summed E-state index contributed by atoms with van der Waals surface area (Å²) >= 11 is 0. The molecular weight excluding hydrogens is 316 g/mol. The van der Waals surface area contributed by atoms with Gasteiger partial charge >= 0.3 is 0 Å². The van der Waals surface area contributed by atoms with Crippen LogP contribution in [0.15, 0.2) is 36.4 Å². The molecule has 0 aliphatic rings. The maximum atomic E-state index is 12.7. The highest BCUT2D eigenvalue weighted by atomic mass is 16.5. The smallest absolute Gasteiger partial charge is 0.256 e. The van der Waals surface area contributed by atoms with E-state index in [4.69, 9.17) is 4.74 Å². The van der Waals surface area contributed by atoms with Crippen LogP contribution in [0.25, 0.3) is 0 Å². The zero-order valence-electron chi connectivity index (χ0n) is 15.1.